The Morgan fingerprint density at radius 3 is 1.97 bits per heavy atom. The van der Waals surface area contributed by atoms with Gasteiger partial charge in [-0.05, 0) is 32.1 Å². The topological polar surface area (TPSA) is 102 Å². The highest BCUT2D eigenvalue weighted by molar-refractivity contribution is 7.47. The van der Waals surface area contributed by atoms with E-state index in [1.54, 1.807) is 0 Å². The van der Waals surface area contributed by atoms with Crippen LogP contribution in [-0.4, -0.2) is 74.1 Å². The molecule has 2 atom stereocenters. The van der Waals surface area contributed by atoms with Crippen LogP contribution in [0.25, 0.3) is 0 Å². The zero-order chi connectivity index (χ0) is 26.4. The Balaban J connectivity index is 3.59. The predicted molar refractivity (Wildman–Crippen MR) is 141 cm³/mol. The number of phosphoric acid groups is 1. The van der Waals surface area contributed by atoms with E-state index in [0.29, 0.717) is 17.4 Å². The van der Waals surface area contributed by atoms with Gasteiger partial charge in [-0.3, -0.25) is 13.8 Å². The van der Waals surface area contributed by atoms with Gasteiger partial charge in [-0.1, -0.05) is 70.4 Å². The Labute approximate surface area is 214 Å². The minimum absolute atomic E-state index is 0.0539. The molecular weight excluding hydrogens is 469 g/mol. The number of rotatable bonds is 24. The molecule has 9 heteroatoms. The molecule has 0 saturated heterocycles. The van der Waals surface area contributed by atoms with Gasteiger partial charge in [-0.2, -0.15) is 0 Å². The summed E-state index contributed by atoms with van der Waals surface area (Å²) in [4.78, 5) is 21.4. The number of hydrogen-bond donors (Lipinski definition) is 2. The van der Waals surface area contributed by atoms with Gasteiger partial charge < -0.3 is 19.2 Å². The van der Waals surface area contributed by atoms with E-state index in [2.05, 4.69) is 19.1 Å². The van der Waals surface area contributed by atoms with E-state index in [1.807, 2.05) is 21.1 Å². The van der Waals surface area contributed by atoms with Crippen molar-refractivity contribution in [2.75, 3.05) is 47.5 Å². The first-order valence-corrected chi connectivity index (χ1v) is 15.0. The Morgan fingerprint density at radius 2 is 1.40 bits per heavy atom. The zero-order valence-corrected chi connectivity index (χ0v) is 23.7. The lowest BCUT2D eigenvalue weighted by Crippen LogP contribution is -2.37. The Morgan fingerprint density at radius 1 is 0.857 bits per heavy atom. The van der Waals surface area contributed by atoms with Gasteiger partial charge >= 0.3 is 13.8 Å². The number of unbranched alkanes of at least 4 members (excludes halogenated alkanes) is 11. The first-order valence-electron chi connectivity index (χ1n) is 13.5. The molecule has 2 N–H and O–H groups in total. The maximum atomic E-state index is 11.8. The monoisotopic (exact) mass is 522 g/mol. The largest absolute Gasteiger partial charge is 0.472 e. The van der Waals surface area contributed by atoms with Crippen LogP contribution in [0.5, 0.6) is 0 Å². The fourth-order valence-electron chi connectivity index (χ4n) is 3.30. The van der Waals surface area contributed by atoms with Crippen LogP contribution >= 0.6 is 7.82 Å². The Bertz CT molecular complexity index is 593. The summed E-state index contributed by atoms with van der Waals surface area (Å²) >= 11 is 0. The standard InChI is InChI=1S/C26H52NO7P/c1-5-6-7-8-9-10-11-12-13-14-15-16-17-18-19-20-26(29)32-23-25(28)24-34-35(30,31)33-22-21-27(2,3)4/h12-13,25,28H,5-11,14-24H2,1-4H3/p+1/b13-12-/t25-/m0/s1. The molecule has 0 aliphatic carbocycles. The lowest BCUT2D eigenvalue weighted by atomic mass is 10.1. The van der Waals surface area contributed by atoms with Crippen molar-refractivity contribution in [2.45, 2.75) is 103 Å². The molecule has 0 bridgehead atoms. The molecule has 1 unspecified atom stereocenters. The second kappa shape index (κ2) is 21.3. The van der Waals surface area contributed by atoms with E-state index >= 15 is 0 Å². The van der Waals surface area contributed by atoms with Crippen molar-refractivity contribution in [2.24, 2.45) is 0 Å². The van der Waals surface area contributed by atoms with Crippen molar-refractivity contribution in [1.29, 1.82) is 0 Å². The van der Waals surface area contributed by atoms with Crippen molar-refractivity contribution in [1.82, 2.24) is 0 Å². The normalized spacial score (nSPS) is 14.8. The van der Waals surface area contributed by atoms with Crippen LogP contribution in [0.4, 0.5) is 0 Å². The summed E-state index contributed by atoms with van der Waals surface area (Å²) < 4.78 is 27.0. The van der Waals surface area contributed by atoms with E-state index in [0.717, 1.165) is 32.1 Å². The Kier molecular flexibility index (Phi) is 20.9. The molecule has 0 radical (unpaired) electrons. The number of esters is 1. The van der Waals surface area contributed by atoms with Gasteiger partial charge in [0.15, 0.2) is 0 Å². The molecule has 0 aliphatic rings. The number of phosphoric ester groups is 1. The summed E-state index contributed by atoms with van der Waals surface area (Å²) in [6.45, 7) is 2.11. The average Bonchev–Trinajstić information content (AvgIpc) is 2.78. The van der Waals surface area contributed by atoms with Gasteiger partial charge in [0.25, 0.3) is 0 Å². The van der Waals surface area contributed by atoms with Gasteiger partial charge in [0.2, 0.25) is 0 Å². The van der Waals surface area contributed by atoms with Crippen LogP contribution in [0.1, 0.15) is 96.8 Å². The quantitative estimate of drug-likeness (QED) is 0.0546. The molecule has 0 spiro atoms. The number of allylic oxidation sites excluding steroid dienone is 2. The van der Waals surface area contributed by atoms with Crippen LogP contribution in [0.15, 0.2) is 12.2 Å². The second-order valence-electron chi connectivity index (χ2n) is 10.3. The number of aliphatic hydroxyl groups is 1. The van der Waals surface area contributed by atoms with Gasteiger partial charge in [0.05, 0.1) is 27.7 Å². The highest BCUT2D eigenvalue weighted by Gasteiger charge is 2.24. The molecule has 0 aromatic rings. The predicted octanol–water partition coefficient (Wildman–Crippen LogP) is 5.77. The number of likely N-dealkylation sites (N-methyl/N-ethyl adjacent to an activating group) is 1. The molecule has 0 aromatic heterocycles. The van der Waals surface area contributed by atoms with Crippen molar-refractivity contribution < 1.29 is 37.6 Å². The summed E-state index contributed by atoms with van der Waals surface area (Å²) in [5, 5.41) is 9.82. The van der Waals surface area contributed by atoms with E-state index in [4.69, 9.17) is 13.8 Å². The van der Waals surface area contributed by atoms with Crippen molar-refractivity contribution in [3.63, 3.8) is 0 Å². The van der Waals surface area contributed by atoms with Crippen molar-refractivity contribution in [3.8, 4) is 0 Å². The molecule has 0 aliphatic heterocycles. The molecular formula is C26H53NO7P+. The molecule has 0 rings (SSSR count). The summed E-state index contributed by atoms with van der Waals surface area (Å²) in [6.07, 6.45) is 19.2. The fourth-order valence-corrected chi connectivity index (χ4v) is 4.04. The van der Waals surface area contributed by atoms with Crippen LogP contribution in [-0.2, 0) is 23.1 Å². The number of nitrogens with zero attached hydrogens (tertiary/aromatic N) is 1. The molecule has 0 aromatic carbocycles. The van der Waals surface area contributed by atoms with E-state index in [1.165, 1.54) is 51.4 Å². The molecule has 8 nitrogen and oxygen atoms in total. The van der Waals surface area contributed by atoms with Crippen LogP contribution in [0.3, 0.4) is 0 Å². The molecule has 0 amide bonds. The van der Waals surface area contributed by atoms with Gasteiger partial charge in [0, 0.05) is 6.42 Å². The van der Waals surface area contributed by atoms with Crippen molar-refractivity contribution in [3.05, 3.63) is 12.2 Å². The number of quaternary nitrogens is 1. The van der Waals surface area contributed by atoms with Crippen molar-refractivity contribution >= 4 is 13.8 Å². The lowest BCUT2D eigenvalue weighted by molar-refractivity contribution is -0.870. The summed E-state index contributed by atoms with van der Waals surface area (Å²) in [5.41, 5.74) is 0. The second-order valence-corrected chi connectivity index (χ2v) is 11.7. The molecule has 35 heavy (non-hydrogen) atoms. The van der Waals surface area contributed by atoms with E-state index < -0.39 is 20.5 Å². The number of ether oxygens (including phenoxy) is 1. The highest BCUT2D eigenvalue weighted by Crippen LogP contribution is 2.43. The minimum Gasteiger partial charge on any atom is -0.463 e. The SMILES string of the molecule is CCCCCCCC/C=C\CCCCCCCC(=O)OC[C@H](O)COP(=O)(O)OCC[N+](C)(C)C. The lowest BCUT2D eigenvalue weighted by Gasteiger charge is -2.24. The maximum Gasteiger partial charge on any atom is 0.472 e. The van der Waals surface area contributed by atoms with E-state index in [-0.39, 0.29) is 19.2 Å². The molecule has 208 valence electrons. The third kappa shape index (κ3) is 26.1. The smallest absolute Gasteiger partial charge is 0.463 e. The first-order chi connectivity index (χ1) is 16.6. The van der Waals surface area contributed by atoms with Gasteiger partial charge in [-0.25, -0.2) is 4.57 Å². The Hall–Kier alpha value is -0.760. The zero-order valence-electron chi connectivity index (χ0n) is 22.8. The third-order valence-electron chi connectivity index (χ3n) is 5.53. The molecule has 0 heterocycles. The fraction of sp³-hybridized carbons (Fsp3) is 0.885. The summed E-state index contributed by atoms with van der Waals surface area (Å²) in [6, 6.07) is 0. The summed E-state index contributed by atoms with van der Waals surface area (Å²) in [5.74, 6) is -0.381. The number of carbonyl (C=O) groups is 1. The maximum absolute atomic E-state index is 11.8. The van der Waals surface area contributed by atoms with Crippen LogP contribution in [0.2, 0.25) is 0 Å². The van der Waals surface area contributed by atoms with Crippen LogP contribution in [0, 0.1) is 0 Å². The average molecular weight is 523 g/mol. The van der Waals surface area contributed by atoms with Gasteiger partial charge in [0.1, 0.15) is 25.9 Å². The summed E-state index contributed by atoms with van der Waals surface area (Å²) in [7, 11) is 1.56. The first kappa shape index (κ1) is 34.2. The number of carbonyl (C=O) groups excluding carboxylic acids is 1. The highest BCUT2D eigenvalue weighted by atomic mass is 31.2. The van der Waals surface area contributed by atoms with Crippen LogP contribution < -0.4 is 0 Å². The third-order valence-corrected chi connectivity index (χ3v) is 6.51. The minimum atomic E-state index is -4.24. The molecule has 0 saturated carbocycles. The molecule has 0 fully saturated rings. The number of aliphatic hydroxyl groups excluding tert-OH is 1. The van der Waals surface area contributed by atoms with Gasteiger partial charge in [-0.15, -0.1) is 0 Å². The number of hydrogen-bond acceptors (Lipinski definition) is 6. The van der Waals surface area contributed by atoms with E-state index in [9.17, 15) is 19.4 Å².